The Morgan fingerprint density at radius 1 is 1.06 bits per heavy atom. The summed E-state index contributed by atoms with van der Waals surface area (Å²) in [6.45, 7) is 5.32. The predicted octanol–water partition coefficient (Wildman–Crippen LogP) is 4.63. The van der Waals surface area contributed by atoms with E-state index in [1.165, 1.54) is 12.1 Å². The van der Waals surface area contributed by atoms with Crippen molar-refractivity contribution in [2.75, 3.05) is 24.4 Å². The Balaban J connectivity index is 1.41. The van der Waals surface area contributed by atoms with Crippen LogP contribution < -0.4 is 4.72 Å². The van der Waals surface area contributed by atoms with Gasteiger partial charge in [0, 0.05) is 31.2 Å². The van der Waals surface area contributed by atoms with E-state index in [2.05, 4.69) is 21.4 Å². The van der Waals surface area contributed by atoms with Crippen molar-refractivity contribution in [3.8, 4) is 0 Å². The molecule has 0 radical (unpaired) electrons. The Hall–Kier alpha value is -2.35. The highest BCUT2D eigenvalue weighted by Crippen LogP contribution is 2.32. The molecule has 6 nitrogen and oxygen atoms in total. The van der Waals surface area contributed by atoms with Crippen molar-refractivity contribution < 1.29 is 13.2 Å². The molecule has 1 heterocycles. The first-order valence-electron chi connectivity index (χ1n) is 11.5. The van der Waals surface area contributed by atoms with Crippen molar-refractivity contribution in [2.45, 2.75) is 49.6 Å². The topological polar surface area (TPSA) is 69.7 Å². The molecule has 33 heavy (non-hydrogen) atoms. The number of sulfonamides is 1. The van der Waals surface area contributed by atoms with Crippen LogP contribution in [0.25, 0.3) is 6.08 Å². The van der Waals surface area contributed by atoms with Gasteiger partial charge in [-0.25, -0.2) is 8.42 Å². The summed E-state index contributed by atoms with van der Waals surface area (Å²) < 4.78 is 27.8. The molecule has 8 heteroatoms. The van der Waals surface area contributed by atoms with Crippen LogP contribution in [0, 0.1) is 0 Å². The molecule has 1 saturated carbocycles. The van der Waals surface area contributed by atoms with E-state index in [0.717, 1.165) is 50.9 Å². The minimum atomic E-state index is -3.76. The number of rotatable bonds is 8. The molecule has 1 aliphatic carbocycles. The van der Waals surface area contributed by atoms with E-state index in [9.17, 15) is 13.2 Å². The highest BCUT2D eigenvalue weighted by Gasteiger charge is 2.37. The molecule has 2 aromatic rings. The number of carbonyl (C=O) groups excluding carboxylic acids is 1. The first kappa shape index (κ1) is 23.8. The number of para-hydroxylation sites is 1. The molecular formula is C25H30ClN3O3S. The van der Waals surface area contributed by atoms with Crippen LogP contribution in [0.15, 0.2) is 59.5 Å². The second-order valence-corrected chi connectivity index (χ2v) is 10.7. The highest BCUT2D eigenvalue weighted by molar-refractivity contribution is 7.92. The first-order valence-corrected chi connectivity index (χ1v) is 13.3. The van der Waals surface area contributed by atoms with Crippen LogP contribution in [0.5, 0.6) is 0 Å². The zero-order chi connectivity index (χ0) is 23.4. The molecule has 2 aromatic carbocycles. The molecule has 4 rings (SSSR count). The number of hydrogen-bond acceptors (Lipinski definition) is 4. The Morgan fingerprint density at radius 2 is 1.70 bits per heavy atom. The smallest absolute Gasteiger partial charge is 0.261 e. The van der Waals surface area contributed by atoms with Gasteiger partial charge < -0.3 is 9.80 Å². The van der Waals surface area contributed by atoms with Gasteiger partial charge in [-0.05, 0) is 68.1 Å². The predicted molar refractivity (Wildman–Crippen MR) is 133 cm³/mol. The standard InChI is InChI=1S/C25H30ClN3O3S/c1-2-28-17-15-21(16-18-28)29(20-10-11-20)25(30)14-9-19-7-12-22(13-8-19)33(31,32)27-24-6-4-3-5-23(24)26/h3-9,12-14,20-21,27H,2,10-11,15-18H2,1H3/b14-9+. The van der Waals surface area contributed by atoms with Crippen molar-refractivity contribution in [2.24, 2.45) is 0 Å². The SMILES string of the molecule is CCN1CCC(N(C(=O)/C=C/c2ccc(S(=O)(=O)Nc3ccccc3Cl)cc2)C2CC2)CC1. The van der Waals surface area contributed by atoms with Gasteiger partial charge in [0.2, 0.25) is 5.91 Å². The average molecular weight is 488 g/mol. The molecule has 1 N–H and O–H groups in total. The molecule has 1 saturated heterocycles. The zero-order valence-corrected chi connectivity index (χ0v) is 20.4. The molecular weight excluding hydrogens is 458 g/mol. The Morgan fingerprint density at radius 3 is 2.30 bits per heavy atom. The second-order valence-electron chi connectivity index (χ2n) is 8.63. The highest BCUT2D eigenvalue weighted by atomic mass is 35.5. The van der Waals surface area contributed by atoms with E-state index in [0.29, 0.717) is 22.8 Å². The van der Waals surface area contributed by atoms with Crippen molar-refractivity contribution in [3.05, 3.63) is 65.2 Å². The summed E-state index contributed by atoms with van der Waals surface area (Å²) in [6.07, 6.45) is 7.59. The van der Waals surface area contributed by atoms with Gasteiger partial charge in [-0.3, -0.25) is 9.52 Å². The first-order chi connectivity index (χ1) is 15.9. The van der Waals surface area contributed by atoms with Gasteiger partial charge in [-0.15, -0.1) is 0 Å². The fourth-order valence-electron chi connectivity index (χ4n) is 4.28. The van der Waals surface area contributed by atoms with Crippen LogP contribution in [0.3, 0.4) is 0 Å². The number of amides is 1. The summed E-state index contributed by atoms with van der Waals surface area (Å²) in [6, 6.07) is 13.8. The maximum Gasteiger partial charge on any atom is 0.261 e. The third-order valence-corrected chi connectivity index (χ3v) is 8.03. The van der Waals surface area contributed by atoms with E-state index >= 15 is 0 Å². The fraction of sp³-hybridized carbons (Fsp3) is 0.400. The number of nitrogens with zero attached hydrogens (tertiary/aromatic N) is 2. The lowest BCUT2D eigenvalue weighted by molar-refractivity contribution is -0.129. The van der Waals surface area contributed by atoms with Crippen LogP contribution in [0.1, 0.15) is 38.2 Å². The van der Waals surface area contributed by atoms with E-state index in [-0.39, 0.29) is 10.8 Å². The number of piperidine rings is 1. The maximum atomic E-state index is 13.0. The Kier molecular flexibility index (Phi) is 7.41. The fourth-order valence-corrected chi connectivity index (χ4v) is 5.60. The van der Waals surface area contributed by atoms with Crippen molar-refractivity contribution in [3.63, 3.8) is 0 Å². The van der Waals surface area contributed by atoms with Crippen LogP contribution in [-0.2, 0) is 14.8 Å². The molecule has 2 fully saturated rings. The van der Waals surface area contributed by atoms with Gasteiger partial charge in [-0.2, -0.15) is 0 Å². The van der Waals surface area contributed by atoms with Crippen LogP contribution >= 0.6 is 11.6 Å². The lowest BCUT2D eigenvalue weighted by Gasteiger charge is -2.38. The number of benzene rings is 2. The molecule has 2 aliphatic rings. The quantitative estimate of drug-likeness (QED) is 0.551. The van der Waals surface area contributed by atoms with E-state index in [1.807, 2.05) is 0 Å². The molecule has 0 unspecified atom stereocenters. The van der Waals surface area contributed by atoms with Gasteiger partial charge in [0.25, 0.3) is 10.0 Å². The monoisotopic (exact) mass is 487 g/mol. The average Bonchev–Trinajstić information content (AvgIpc) is 3.65. The van der Waals surface area contributed by atoms with E-state index in [4.69, 9.17) is 11.6 Å². The molecule has 0 aromatic heterocycles. The van der Waals surface area contributed by atoms with Crippen molar-refractivity contribution in [1.82, 2.24) is 9.80 Å². The number of nitrogens with one attached hydrogen (secondary N) is 1. The summed E-state index contributed by atoms with van der Waals surface area (Å²) in [5.41, 5.74) is 1.11. The van der Waals surface area contributed by atoms with Crippen LogP contribution in [0.4, 0.5) is 5.69 Å². The van der Waals surface area contributed by atoms with Crippen molar-refractivity contribution >= 4 is 39.3 Å². The lowest BCUT2D eigenvalue weighted by Crippen LogP contribution is -2.47. The molecule has 176 valence electrons. The van der Waals surface area contributed by atoms with Crippen molar-refractivity contribution in [1.29, 1.82) is 0 Å². The number of anilines is 1. The maximum absolute atomic E-state index is 13.0. The number of hydrogen-bond donors (Lipinski definition) is 1. The van der Waals surface area contributed by atoms with Crippen LogP contribution in [0.2, 0.25) is 5.02 Å². The van der Waals surface area contributed by atoms with E-state index in [1.54, 1.807) is 48.6 Å². The molecule has 0 bridgehead atoms. The minimum absolute atomic E-state index is 0.0459. The second kappa shape index (κ2) is 10.3. The van der Waals surface area contributed by atoms with Gasteiger partial charge >= 0.3 is 0 Å². The number of halogens is 1. The minimum Gasteiger partial charge on any atom is -0.333 e. The molecule has 0 spiro atoms. The molecule has 1 amide bonds. The summed E-state index contributed by atoms with van der Waals surface area (Å²) in [7, 11) is -3.76. The Labute approximate surface area is 201 Å². The van der Waals surface area contributed by atoms with Gasteiger partial charge in [0.05, 0.1) is 15.6 Å². The van der Waals surface area contributed by atoms with Crippen LogP contribution in [-0.4, -0.2) is 55.8 Å². The summed E-state index contributed by atoms with van der Waals surface area (Å²) in [5, 5.41) is 0.333. The normalized spacial score (nSPS) is 17.9. The van der Waals surface area contributed by atoms with Gasteiger partial charge in [0.15, 0.2) is 0 Å². The third kappa shape index (κ3) is 5.96. The zero-order valence-electron chi connectivity index (χ0n) is 18.8. The lowest BCUT2D eigenvalue weighted by atomic mass is 10.0. The molecule has 1 aliphatic heterocycles. The number of carbonyl (C=O) groups is 1. The largest absolute Gasteiger partial charge is 0.333 e. The van der Waals surface area contributed by atoms with Gasteiger partial charge in [-0.1, -0.05) is 42.8 Å². The third-order valence-electron chi connectivity index (χ3n) is 6.32. The Bertz CT molecular complexity index is 1110. The summed E-state index contributed by atoms with van der Waals surface area (Å²) in [4.78, 5) is 17.7. The summed E-state index contributed by atoms with van der Waals surface area (Å²) in [5.74, 6) is 0.0459. The molecule has 0 atom stereocenters. The number of likely N-dealkylation sites (tertiary alicyclic amines) is 1. The van der Waals surface area contributed by atoms with E-state index < -0.39 is 10.0 Å². The van der Waals surface area contributed by atoms with Gasteiger partial charge in [0.1, 0.15) is 0 Å². The summed E-state index contributed by atoms with van der Waals surface area (Å²) >= 11 is 6.06.